The number of aliphatic imine (C=N–C) groups is 1. The summed E-state index contributed by atoms with van der Waals surface area (Å²) in [6, 6.07) is 0. The second kappa shape index (κ2) is 5.07. The van der Waals surface area contributed by atoms with Crippen molar-refractivity contribution in [2.45, 2.75) is 46.0 Å². The predicted octanol–water partition coefficient (Wildman–Crippen LogP) is 2.24. The minimum absolute atomic E-state index is 0.669. The lowest BCUT2D eigenvalue weighted by Gasteiger charge is -2.38. The Morgan fingerprint density at radius 3 is 2.62 bits per heavy atom. The normalized spacial score (nSPS) is 23.6. The van der Waals surface area contributed by atoms with Crippen LogP contribution in [0.1, 0.15) is 46.0 Å². The molecule has 0 amide bonds. The van der Waals surface area contributed by atoms with Crippen LogP contribution in [0, 0.1) is 5.41 Å². The molecule has 0 aromatic rings. The fraction of sp³-hybridized carbons (Fsp3) is 0.923. The Hall–Kier alpha value is -0.730. The van der Waals surface area contributed by atoms with Crippen LogP contribution in [0.15, 0.2) is 4.99 Å². The molecule has 1 saturated carbocycles. The van der Waals surface area contributed by atoms with Gasteiger partial charge < -0.3 is 10.2 Å². The Morgan fingerprint density at radius 1 is 1.31 bits per heavy atom. The van der Waals surface area contributed by atoms with Crippen LogP contribution in [-0.2, 0) is 0 Å². The number of nitrogens with one attached hydrogen (secondary N) is 1. The molecule has 2 rings (SSSR count). The molecule has 2 fully saturated rings. The van der Waals surface area contributed by atoms with Crippen LogP contribution in [0.4, 0.5) is 0 Å². The summed E-state index contributed by atoms with van der Waals surface area (Å²) in [5.41, 5.74) is 0.669. The second-order valence-electron chi connectivity index (χ2n) is 5.26. The molecule has 2 aliphatic rings. The van der Waals surface area contributed by atoms with Gasteiger partial charge in [0.2, 0.25) is 0 Å². The fourth-order valence-corrected chi connectivity index (χ4v) is 2.84. The zero-order valence-electron chi connectivity index (χ0n) is 10.8. The molecule has 92 valence electrons. The summed E-state index contributed by atoms with van der Waals surface area (Å²) in [6.07, 6.45) is 6.83. The molecule has 1 saturated heterocycles. The third-order valence-corrected chi connectivity index (χ3v) is 3.97. The van der Waals surface area contributed by atoms with Crippen molar-refractivity contribution >= 4 is 5.96 Å². The zero-order valence-corrected chi connectivity index (χ0v) is 10.8. The summed E-state index contributed by atoms with van der Waals surface area (Å²) in [5, 5.41) is 3.42. The first-order valence-corrected chi connectivity index (χ1v) is 6.83. The van der Waals surface area contributed by atoms with Crippen molar-refractivity contribution in [3.8, 4) is 0 Å². The highest BCUT2D eigenvalue weighted by Gasteiger charge is 2.43. The first kappa shape index (κ1) is 11.7. The summed E-state index contributed by atoms with van der Waals surface area (Å²) in [5.74, 6) is 1.15. The van der Waals surface area contributed by atoms with E-state index in [-0.39, 0.29) is 0 Å². The third kappa shape index (κ3) is 2.33. The molecule has 0 bridgehead atoms. The fourth-order valence-electron chi connectivity index (χ4n) is 2.84. The van der Waals surface area contributed by atoms with Gasteiger partial charge in [-0.25, -0.2) is 0 Å². The number of likely N-dealkylation sites (tertiary alicyclic amines) is 1. The van der Waals surface area contributed by atoms with Gasteiger partial charge in [0, 0.05) is 26.2 Å². The number of nitrogens with zero attached hydrogens (tertiary/aromatic N) is 2. The Morgan fingerprint density at radius 2 is 2.12 bits per heavy atom. The summed E-state index contributed by atoms with van der Waals surface area (Å²) in [6.45, 7) is 8.71. The molecule has 3 heteroatoms. The van der Waals surface area contributed by atoms with E-state index in [0.717, 1.165) is 25.5 Å². The number of hydrogen-bond donors (Lipinski definition) is 1. The van der Waals surface area contributed by atoms with E-state index >= 15 is 0 Å². The van der Waals surface area contributed by atoms with Gasteiger partial charge in [0.05, 0.1) is 0 Å². The first-order chi connectivity index (χ1) is 7.79. The second-order valence-corrected chi connectivity index (χ2v) is 5.26. The lowest BCUT2D eigenvalue weighted by molar-refractivity contribution is 0.151. The smallest absolute Gasteiger partial charge is 0.193 e. The zero-order chi connectivity index (χ0) is 11.4. The van der Waals surface area contributed by atoms with Crippen molar-refractivity contribution in [2.75, 3.05) is 26.2 Å². The average Bonchev–Trinajstić information content (AvgIpc) is 2.69. The lowest BCUT2D eigenvalue weighted by atomic mass is 9.68. The highest BCUT2D eigenvalue weighted by molar-refractivity contribution is 5.80. The maximum atomic E-state index is 4.67. The van der Waals surface area contributed by atoms with E-state index in [2.05, 4.69) is 29.1 Å². The van der Waals surface area contributed by atoms with E-state index in [0.29, 0.717) is 5.41 Å². The lowest BCUT2D eigenvalue weighted by Crippen LogP contribution is -2.42. The van der Waals surface area contributed by atoms with Gasteiger partial charge in [-0.05, 0) is 38.0 Å². The largest absolute Gasteiger partial charge is 0.357 e. The molecule has 0 radical (unpaired) electrons. The van der Waals surface area contributed by atoms with Crippen molar-refractivity contribution in [3.05, 3.63) is 0 Å². The average molecular weight is 223 g/mol. The van der Waals surface area contributed by atoms with Gasteiger partial charge in [-0.2, -0.15) is 0 Å². The SMILES string of the molecule is CCCN=C(NCC)N1CCC2(CCC2)C1. The molecular weight excluding hydrogens is 198 g/mol. The van der Waals surface area contributed by atoms with Crippen LogP contribution >= 0.6 is 0 Å². The molecule has 1 aliphatic heterocycles. The van der Waals surface area contributed by atoms with E-state index in [4.69, 9.17) is 0 Å². The highest BCUT2D eigenvalue weighted by atomic mass is 15.3. The molecule has 3 nitrogen and oxygen atoms in total. The van der Waals surface area contributed by atoms with Crippen molar-refractivity contribution < 1.29 is 0 Å². The Labute approximate surface area is 99.3 Å². The topological polar surface area (TPSA) is 27.6 Å². The standard InChI is InChI=1S/C13H25N3/c1-3-9-15-12(14-4-2)16-10-8-13(11-16)6-5-7-13/h3-11H2,1-2H3,(H,14,15). The molecule has 1 N–H and O–H groups in total. The van der Waals surface area contributed by atoms with Crippen LogP contribution in [0.2, 0.25) is 0 Å². The molecule has 1 heterocycles. The molecule has 1 spiro atoms. The van der Waals surface area contributed by atoms with Crippen molar-refractivity contribution in [2.24, 2.45) is 10.4 Å². The molecule has 0 aromatic heterocycles. The molecule has 0 unspecified atom stereocenters. The molecule has 1 aliphatic carbocycles. The van der Waals surface area contributed by atoms with Crippen molar-refractivity contribution in [1.29, 1.82) is 0 Å². The van der Waals surface area contributed by atoms with Gasteiger partial charge in [-0.1, -0.05) is 13.3 Å². The molecular formula is C13H25N3. The summed E-state index contributed by atoms with van der Waals surface area (Å²) < 4.78 is 0. The van der Waals surface area contributed by atoms with E-state index in [1.165, 1.54) is 38.8 Å². The van der Waals surface area contributed by atoms with Crippen molar-refractivity contribution in [1.82, 2.24) is 10.2 Å². The number of hydrogen-bond acceptors (Lipinski definition) is 1. The van der Waals surface area contributed by atoms with Gasteiger partial charge in [0.1, 0.15) is 0 Å². The molecule has 16 heavy (non-hydrogen) atoms. The minimum Gasteiger partial charge on any atom is -0.357 e. The summed E-state index contributed by atoms with van der Waals surface area (Å²) in [4.78, 5) is 7.14. The van der Waals surface area contributed by atoms with Gasteiger partial charge in [0.15, 0.2) is 5.96 Å². The molecule has 0 atom stereocenters. The summed E-state index contributed by atoms with van der Waals surface area (Å²) in [7, 11) is 0. The van der Waals surface area contributed by atoms with Crippen LogP contribution < -0.4 is 5.32 Å². The monoisotopic (exact) mass is 223 g/mol. The van der Waals surface area contributed by atoms with Gasteiger partial charge in [0.25, 0.3) is 0 Å². The Bertz CT molecular complexity index is 256. The van der Waals surface area contributed by atoms with Crippen molar-refractivity contribution in [3.63, 3.8) is 0 Å². The van der Waals surface area contributed by atoms with Crippen LogP contribution in [-0.4, -0.2) is 37.0 Å². The summed E-state index contributed by atoms with van der Waals surface area (Å²) >= 11 is 0. The highest BCUT2D eigenvalue weighted by Crippen LogP contribution is 2.47. The molecule has 0 aromatic carbocycles. The maximum Gasteiger partial charge on any atom is 0.193 e. The van der Waals surface area contributed by atoms with E-state index in [9.17, 15) is 0 Å². The van der Waals surface area contributed by atoms with E-state index < -0.39 is 0 Å². The maximum absolute atomic E-state index is 4.67. The first-order valence-electron chi connectivity index (χ1n) is 6.83. The van der Waals surface area contributed by atoms with E-state index in [1.54, 1.807) is 0 Å². The number of rotatable bonds is 3. The van der Waals surface area contributed by atoms with Gasteiger partial charge in [-0.15, -0.1) is 0 Å². The number of guanidine groups is 1. The van der Waals surface area contributed by atoms with Crippen LogP contribution in [0.5, 0.6) is 0 Å². The van der Waals surface area contributed by atoms with E-state index in [1.807, 2.05) is 0 Å². The Kier molecular flexibility index (Phi) is 3.72. The van der Waals surface area contributed by atoms with Gasteiger partial charge >= 0.3 is 0 Å². The van der Waals surface area contributed by atoms with Crippen LogP contribution in [0.3, 0.4) is 0 Å². The minimum atomic E-state index is 0.669. The predicted molar refractivity (Wildman–Crippen MR) is 68.7 cm³/mol. The van der Waals surface area contributed by atoms with Gasteiger partial charge in [-0.3, -0.25) is 4.99 Å². The quantitative estimate of drug-likeness (QED) is 0.587. The third-order valence-electron chi connectivity index (χ3n) is 3.97. The Balaban J connectivity index is 1.93. The van der Waals surface area contributed by atoms with Crippen LogP contribution in [0.25, 0.3) is 0 Å².